The lowest BCUT2D eigenvalue weighted by Crippen LogP contribution is -2.44. The van der Waals surface area contributed by atoms with Crippen LogP contribution < -0.4 is 0 Å². The number of piperidine rings is 1. The number of hydrogen-bond acceptors (Lipinski definition) is 5. The number of ether oxygens (including phenoxy) is 1. The predicted molar refractivity (Wildman–Crippen MR) is 75.6 cm³/mol. The van der Waals surface area contributed by atoms with Gasteiger partial charge in [0.05, 0.1) is 0 Å². The van der Waals surface area contributed by atoms with E-state index in [4.69, 9.17) is 9.26 Å². The van der Waals surface area contributed by atoms with Crippen LogP contribution >= 0.6 is 0 Å². The lowest BCUT2D eigenvalue weighted by atomic mass is 10.0. The molecular weight excluding hydrogens is 270 g/mol. The van der Waals surface area contributed by atoms with Crippen molar-refractivity contribution < 1.29 is 14.1 Å². The Morgan fingerprint density at radius 1 is 1.33 bits per heavy atom. The van der Waals surface area contributed by atoms with Crippen molar-refractivity contribution in [3.8, 4) is 0 Å². The van der Waals surface area contributed by atoms with Crippen molar-refractivity contribution in [3.63, 3.8) is 0 Å². The number of rotatable bonds is 4. The van der Waals surface area contributed by atoms with Crippen molar-refractivity contribution in [2.45, 2.75) is 64.0 Å². The van der Waals surface area contributed by atoms with Crippen molar-refractivity contribution in [1.29, 1.82) is 0 Å². The second-order valence-corrected chi connectivity index (χ2v) is 5.84. The van der Waals surface area contributed by atoms with Gasteiger partial charge in [0.25, 0.3) is 5.91 Å². The molecule has 0 aromatic carbocycles. The van der Waals surface area contributed by atoms with Crippen molar-refractivity contribution in [3.05, 3.63) is 11.7 Å². The monoisotopic (exact) mass is 293 g/mol. The molecule has 6 heteroatoms. The standard InChI is InChI=1S/C15H23N3O3/c1-2-6-13-16-14(21-17-13)11-7-3-4-9-18(11)15(19)12-8-5-10-20-12/h11-12H,2-10H2,1H3/t11-,12+/m1/s1. The van der Waals surface area contributed by atoms with Gasteiger partial charge in [0, 0.05) is 19.6 Å². The highest BCUT2D eigenvalue weighted by atomic mass is 16.5. The maximum atomic E-state index is 12.6. The fourth-order valence-electron chi connectivity index (χ4n) is 3.14. The normalized spacial score (nSPS) is 26.2. The molecule has 0 saturated carbocycles. The summed E-state index contributed by atoms with van der Waals surface area (Å²) in [6.07, 6.45) is 6.34. The first-order valence-corrected chi connectivity index (χ1v) is 8.04. The summed E-state index contributed by atoms with van der Waals surface area (Å²) in [4.78, 5) is 19.0. The van der Waals surface area contributed by atoms with Crippen LogP contribution in [0, 0.1) is 0 Å². The molecule has 0 N–H and O–H groups in total. The molecule has 2 atom stereocenters. The van der Waals surface area contributed by atoms with E-state index >= 15 is 0 Å². The smallest absolute Gasteiger partial charge is 0.252 e. The van der Waals surface area contributed by atoms with Gasteiger partial charge < -0.3 is 14.2 Å². The first kappa shape index (κ1) is 14.5. The van der Waals surface area contributed by atoms with Crippen LogP contribution in [-0.2, 0) is 16.0 Å². The molecule has 0 radical (unpaired) electrons. The van der Waals surface area contributed by atoms with Gasteiger partial charge in [0.1, 0.15) is 12.1 Å². The number of carbonyl (C=O) groups excluding carboxylic acids is 1. The van der Waals surface area contributed by atoms with Gasteiger partial charge in [0.15, 0.2) is 5.82 Å². The number of hydrogen-bond donors (Lipinski definition) is 0. The number of likely N-dealkylation sites (tertiary alicyclic amines) is 1. The topological polar surface area (TPSA) is 68.5 Å². The third kappa shape index (κ3) is 3.10. The molecule has 0 aliphatic carbocycles. The lowest BCUT2D eigenvalue weighted by Gasteiger charge is -2.34. The predicted octanol–water partition coefficient (Wildman–Crippen LogP) is 2.25. The van der Waals surface area contributed by atoms with E-state index in [0.717, 1.165) is 57.3 Å². The Morgan fingerprint density at radius 3 is 3.00 bits per heavy atom. The van der Waals surface area contributed by atoms with Gasteiger partial charge in [-0.3, -0.25) is 4.79 Å². The maximum Gasteiger partial charge on any atom is 0.252 e. The van der Waals surface area contributed by atoms with Gasteiger partial charge >= 0.3 is 0 Å². The molecule has 2 fully saturated rings. The molecule has 1 aromatic rings. The summed E-state index contributed by atoms with van der Waals surface area (Å²) in [6.45, 7) is 3.54. The largest absolute Gasteiger partial charge is 0.368 e. The summed E-state index contributed by atoms with van der Waals surface area (Å²) in [5, 5.41) is 4.02. The van der Waals surface area contributed by atoms with Gasteiger partial charge in [-0.05, 0) is 38.5 Å². The molecule has 0 spiro atoms. The van der Waals surface area contributed by atoms with Crippen molar-refractivity contribution >= 4 is 5.91 Å². The van der Waals surface area contributed by atoms with E-state index < -0.39 is 0 Å². The molecule has 21 heavy (non-hydrogen) atoms. The Labute approximate surface area is 124 Å². The van der Waals surface area contributed by atoms with Crippen LogP contribution in [0.1, 0.15) is 63.2 Å². The summed E-state index contributed by atoms with van der Waals surface area (Å²) in [7, 11) is 0. The van der Waals surface area contributed by atoms with Crippen LogP contribution in [0.5, 0.6) is 0 Å². The summed E-state index contributed by atoms with van der Waals surface area (Å²) >= 11 is 0. The van der Waals surface area contributed by atoms with Gasteiger partial charge in [-0.15, -0.1) is 0 Å². The number of aryl methyl sites for hydroxylation is 1. The average molecular weight is 293 g/mol. The fraction of sp³-hybridized carbons (Fsp3) is 0.800. The maximum absolute atomic E-state index is 12.6. The van der Waals surface area contributed by atoms with E-state index in [2.05, 4.69) is 17.1 Å². The van der Waals surface area contributed by atoms with Crippen LogP contribution in [0.3, 0.4) is 0 Å². The Balaban J connectivity index is 1.75. The summed E-state index contributed by atoms with van der Waals surface area (Å²) in [5.41, 5.74) is 0. The van der Waals surface area contributed by atoms with E-state index in [1.54, 1.807) is 0 Å². The number of amides is 1. The molecule has 0 unspecified atom stereocenters. The molecular formula is C15H23N3O3. The SMILES string of the molecule is CCCc1noc([C@H]2CCCCN2C(=O)[C@@H]2CCCO2)n1. The highest BCUT2D eigenvalue weighted by Gasteiger charge is 2.36. The molecule has 6 nitrogen and oxygen atoms in total. The quantitative estimate of drug-likeness (QED) is 0.851. The molecule has 0 bridgehead atoms. The van der Waals surface area contributed by atoms with E-state index in [1.807, 2.05) is 4.90 Å². The minimum Gasteiger partial charge on any atom is -0.368 e. The van der Waals surface area contributed by atoms with Crippen molar-refractivity contribution in [1.82, 2.24) is 15.0 Å². The van der Waals surface area contributed by atoms with Crippen LogP contribution in [-0.4, -0.2) is 40.2 Å². The third-order valence-electron chi connectivity index (χ3n) is 4.23. The first-order chi connectivity index (χ1) is 10.3. The van der Waals surface area contributed by atoms with Crippen molar-refractivity contribution in [2.24, 2.45) is 0 Å². The fourth-order valence-corrected chi connectivity index (χ4v) is 3.14. The zero-order valence-corrected chi connectivity index (χ0v) is 12.6. The Bertz CT molecular complexity index is 482. The average Bonchev–Trinajstić information content (AvgIpc) is 3.18. The number of carbonyl (C=O) groups is 1. The molecule has 2 aliphatic heterocycles. The van der Waals surface area contributed by atoms with Gasteiger partial charge in [-0.2, -0.15) is 4.98 Å². The summed E-state index contributed by atoms with van der Waals surface area (Å²) in [6, 6.07) is -0.0754. The highest BCUT2D eigenvalue weighted by Crippen LogP contribution is 2.31. The van der Waals surface area contributed by atoms with Gasteiger partial charge in [-0.25, -0.2) is 0 Å². The minimum absolute atomic E-state index is 0.0754. The molecule has 3 rings (SSSR count). The molecule has 1 aromatic heterocycles. The number of aromatic nitrogens is 2. The summed E-state index contributed by atoms with van der Waals surface area (Å²) in [5.74, 6) is 1.42. The second-order valence-electron chi connectivity index (χ2n) is 5.84. The Kier molecular flexibility index (Phi) is 4.53. The summed E-state index contributed by atoms with van der Waals surface area (Å²) < 4.78 is 10.9. The second kappa shape index (κ2) is 6.56. The Hall–Kier alpha value is -1.43. The van der Waals surface area contributed by atoms with E-state index in [1.165, 1.54) is 0 Å². The van der Waals surface area contributed by atoms with Crippen LogP contribution in [0.25, 0.3) is 0 Å². The van der Waals surface area contributed by atoms with E-state index in [0.29, 0.717) is 12.5 Å². The number of nitrogens with zero attached hydrogens (tertiary/aromatic N) is 3. The van der Waals surface area contributed by atoms with Crippen molar-refractivity contribution in [2.75, 3.05) is 13.2 Å². The minimum atomic E-state index is -0.274. The van der Waals surface area contributed by atoms with Crippen LogP contribution in [0.4, 0.5) is 0 Å². The zero-order chi connectivity index (χ0) is 14.7. The third-order valence-corrected chi connectivity index (χ3v) is 4.23. The van der Waals surface area contributed by atoms with E-state index in [9.17, 15) is 4.79 Å². The first-order valence-electron chi connectivity index (χ1n) is 8.04. The lowest BCUT2D eigenvalue weighted by molar-refractivity contribution is -0.145. The molecule has 1 amide bonds. The Morgan fingerprint density at radius 2 is 2.24 bits per heavy atom. The van der Waals surface area contributed by atoms with Gasteiger partial charge in [-0.1, -0.05) is 12.1 Å². The molecule has 116 valence electrons. The van der Waals surface area contributed by atoms with Gasteiger partial charge in [0.2, 0.25) is 5.89 Å². The zero-order valence-electron chi connectivity index (χ0n) is 12.6. The van der Waals surface area contributed by atoms with Crippen LogP contribution in [0.2, 0.25) is 0 Å². The molecule has 2 saturated heterocycles. The van der Waals surface area contributed by atoms with Crippen LogP contribution in [0.15, 0.2) is 4.52 Å². The highest BCUT2D eigenvalue weighted by molar-refractivity contribution is 5.81. The van der Waals surface area contributed by atoms with E-state index in [-0.39, 0.29) is 18.1 Å². The molecule has 2 aliphatic rings. The molecule has 3 heterocycles.